The molecule has 0 aliphatic rings. The number of nitrogen functional groups attached to an aromatic ring is 1. The lowest BCUT2D eigenvalue weighted by Crippen LogP contribution is -2.32. The maximum absolute atomic E-state index is 10.8. The first-order chi connectivity index (χ1) is 7.85. The highest BCUT2D eigenvalue weighted by Crippen LogP contribution is 2.26. The molecule has 0 aromatic carbocycles. The minimum Gasteiger partial charge on any atom is -0.396 e. The molecule has 7 heteroatoms. The fraction of sp³-hybridized carbons (Fsp3) is 0.500. The van der Waals surface area contributed by atoms with Gasteiger partial charge in [-0.3, -0.25) is 10.1 Å². The quantitative estimate of drug-likeness (QED) is 0.525. The summed E-state index contributed by atoms with van der Waals surface area (Å²) in [5, 5.41) is 22.6. The zero-order chi connectivity index (χ0) is 13.1. The molecule has 0 spiro atoms. The van der Waals surface area contributed by atoms with Crippen molar-refractivity contribution in [3.05, 3.63) is 22.2 Å². The van der Waals surface area contributed by atoms with Crippen LogP contribution in [0.2, 0.25) is 0 Å². The lowest BCUT2D eigenvalue weighted by Gasteiger charge is -2.25. The van der Waals surface area contributed by atoms with Crippen LogP contribution in [0, 0.1) is 10.1 Å². The number of aliphatic hydroxyl groups is 1. The number of nitrogens with one attached hydrogen (secondary N) is 1. The Bertz CT molecular complexity index is 420. The van der Waals surface area contributed by atoms with Gasteiger partial charge in [0.1, 0.15) is 5.82 Å². The van der Waals surface area contributed by atoms with Crippen molar-refractivity contribution in [2.45, 2.75) is 25.8 Å². The van der Waals surface area contributed by atoms with Crippen LogP contribution in [0.3, 0.4) is 0 Å². The number of rotatable bonds is 5. The third-order valence-corrected chi connectivity index (χ3v) is 2.29. The van der Waals surface area contributed by atoms with Crippen molar-refractivity contribution in [2.75, 3.05) is 17.7 Å². The van der Waals surface area contributed by atoms with Crippen LogP contribution in [0.15, 0.2) is 12.1 Å². The van der Waals surface area contributed by atoms with Crippen molar-refractivity contribution in [3.8, 4) is 0 Å². The monoisotopic (exact) mass is 240 g/mol. The smallest absolute Gasteiger partial charge is 0.311 e. The number of nitro groups is 1. The van der Waals surface area contributed by atoms with Crippen molar-refractivity contribution in [2.24, 2.45) is 0 Å². The van der Waals surface area contributed by atoms with Gasteiger partial charge in [-0.25, -0.2) is 4.98 Å². The Labute approximate surface area is 98.8 Å². The topological polar surface area (TPSA) is 114 Å². The van der Waals surface area contributed by atoms with E-state index in [4.69, 9.17) is 10.8 Å². The van der Waals surface area contributed by atoms with Crippen LogP contribution in [0.4, 0.5) is 17.3 Å². The van der Waals surface area contributed by atoms with Crippen molar-refractivity contribution >= 4 is 17.3 Å². The summed E-state index contributed by atoms with van der Waals surface area (Å²) in [5.41, 5.74) is 4.86. The number of nitrogens with zero attached hydrogens (tertiary/aromatic N) is 2. The van der Waals surface area contributed by atoms with E-state index in [0.717, 1.165) is 0 Å². The van der Waals surface area contributed by atoms with E-state index in [1.165, 1.54) is 12.1 Å². The number of hydrogen-bond acceptors (Lipinski definition) is 6. The summed E-state index contributed by atoms with van der Waals surface area (Å²) in [6, 6.07) is 2.68. The van der Waals surface area contributed by atoms with Gasteiger partial charge in [-0.2, -0.15) is 0 Å². The predicted octanol–water partition coefficient (Wildman–Crippen LogP) is 1.14. The van der Waals surface area contributed by atoms with E-state index < -0.39 is 10.5 Å². The fourth-order valence-corrected chi connectivity index (χ4v) is 1.37. The second-order valence-electron chi connectivity index (χ2n) is 4.34. The number of aliphatic hydroxyl groups excluding tert-OH is 1. The second-order valence-corrected chi connectivity index (χ2v) is 4.34. The Hall–Kier alpha value is -1.89. The van der Waals surface area contributed by atoms with E-state index in [1.54, 1.807) is 0 Å². The summed E-state index contributed by atoms with van der Waals surface area (Å²) in [6.45, 7) is 3.62. The van der Waals surface area contributed by atoms with E-state index in [-0.39, 0.29) is 23.9 Å². The molecule has 1 heterocycles. The Morgan fingerprint density at radius 3 is 2.76 bits per heavy atom. The molecule has 1 rings (SSSR count). The van der Waals surface area contributed by atoms with E-state index in [2.05, 4.69) is 10.3 Å². The number of aromatic nitrogens is 1. The van der Waals surface area contributed by atoms with Gasteiger partial charge in [0.05, 0.1) is 4.92 Å². The standard InChI is InChI=1S/C10H16N4O3/c1-10(2,5-6-15)13-9-7(14(16)17)3-4-8(11)12-9/h3-4,15H,5-6H2,1-2H3,(H3,11,12,13). The Morgan fingerprint density at radius 1 is 1.59 bits per heavy atom. The molecule has 17 heavy (non-hydrogen) atoms. The summed E-state index contributed by atoms with van der Waals surface area (Å²) in [6.07, 6.45) is 0.445. The maximum Gasteiger partial charge on any atom is 0.311 e. The van der Waals surface area contributed by atoms with E-state index in [1.807, 2.05) is 13.8 Å². The van der Waals surface area contributed by atoms with E-state index >= 15 is 0 Å². The molecule has 0 unspecified atom stereocenters. The van der Waals surface area contributed by atoms with Gasteiger partial charge in [-0.05, 0) is 26.3 Å². The van der Waals surface area contributed by atoms with E-state index in [0.29, 0.717) is 6.42 Å². The molecule has 0 bridgehead atoms. The molecular formula is C10H16N4O3. The number of anilines is 2. The number of pyridine rings is 1. The molecule has 1 aromatic heterocycles. The molecule has 0 saturated heterocycles. The van der Waals surface area contributed by atoms with Crippen molar-refractivity contribution in [3.63, 3.8) is 0 Å². The molecule has 94 valence electrons. The van der Waals surface area contributed by atoms with Gasteiger partial charge < -0.3 is 16.2 Å². The molecule has 0 atom stereocenters. The second kappa shape index (κ2) is 4.96. The van der Waals surface area contributed by atoms with Gasteiger partial charge in [0.25, 0.3) is 0 Å². The Balaban J connectivity index is 3.04. The van der Waals surface area contributed by atoms with Crippen LogP contribution < -0.4 is 11.1 Å². The van der Waals surface area contributed by atoms with Crippen molar-refractivity contribution in [1.82, 2.24) is 4.98 Å². The highest BCUT2D eigenvalue weighted by molar-refractivity contribution is 5.60. The molecule has 0 aliphatic carbocycles. The molecule has 0 radical (unpaired) electrons. The zero-order valence-electron chi connectivity index (χ0n) is 9.80. The Morgan fingerprint density at radius 2 is 2.24 bits per heavy atom. The van der Waals surface area contributed by atoms with Gasteiger partial charge in [0.15, 0.2) is 0 Å². The average molecular weight is 240 g/mol. The minimum absolute atomic E-state index is 0.0177. The number of nitrogens with two attached hydrogens (primary N) is 1. The fourth-order valence-electron chi connectivity index (χ4n) is 1.37. The van der Waals surface area contributed by atoms with Crippen molar-refractivity contribution < 1.29 is 10.0 Å². The zero-order valence-corrected chi connectivity index (χ0v) is 9.80. The first-order valence-electron chi connectivity index (χ1n) is 5.16. The van der Waals surface area contributed by atoms with Gasteiger partial charge in [0.2, 0.25) is 5.82 Å². The van der Waals surface area contributed by atoms with Crippen LogP contribution in [-0.2, 0) is 0 Å². The molecule has 7 nitrogen and oxygen atoms in total. The van der Waals surface area contributed by atoms with Crippen LogP contribution in [-0.4, -0.2) is 27.2 Å². The Kier molecular flexibility index (Phi) is 3.84. The molecular weight excluding hydrogens is 224 g/mol. The van der Waals surface area contributed by atoms with E-state index in [9.17, 15) is 10.1 Å². The number of hydrogen-bond donors (Lipinski definition) is 3. The van der Waals surface area contributed by atoms with Crippen molar-refractivity contribution in [1.29, 1.82) is 0 Å². The van der Waals surface area contributed by atoms with Crippen LogP contribution in [0.1, 0.15) is 20.3 Å². The maximum atomic E-state index is 10.8. The van der Waals surface area contributed by atoms with Crippen LogP contribution in [0.5, 0.6) is 0 Å². The third-order valence-electron chi connectivity index (χ3n) is 2.29. The summed E-state index contributed by atoms with van der Waals surface area (Å²) in [4.78, 5) is 14.2. The van der Waals surface area contributed by atoms with Gasteiger partial charge >= 0.3 is 5.69 Å². The third kappa shape index (κ3) is 3.56. The largest absolute Gasteiger partial charge is 0.396 e. The molecule has 0 aliphatic heterocycles. The van der Waals surface area contributed by atoms with Crippen LogP contribution in [0.25, 0.3) is 0 Å². The summed E-state index contributed by atoms with van der Waals surface area (Å²) in [7, 11) is 0. The highest BCUT2D eigenvalue weighted by atomic mass is 16.6. The normalized spacial score (nSPS) is 11.2. The molecule has 0 fully saturated rings. The lowest BCUT2D eigenvalue weighted by molar-refractivity contribution is -0.384. The first-order valence-corrected chi connectivity index (χ1v) is 5.16. The molecule has 0 saturated carbocycles. The van der Waals surface area contributed by atoms with Crippen LogP contribution >= 0.6 is 0 Å². The highest BCUT2D eigenvalue weighted by Gasteiger charge is 2.23. The summed E-state index contributed by atoms with van der Waals surface area (Å²) in [5.74, 6) is 0.325. The summed E-state index contributed by atoms with van der Waals surface area (Å²) >= 11 is 0. The molecule has 4 N–H and O–H groups in total. The van der Waals surface area contributed by atoms with Gasteiger partial charge in [0, 0.05) is 18.2 Å². The minimum atomic E-state index is -0.524. The lowest BCUT2D eigenvalue weighted by atomic mass is 10.0. The first kappa shape index (κ1) is 13.2. The SMILES string of the molecule is CC(C)(CCO)Nc1nc(N)ccc1[N+](=O)[O-]. The summed E-state index contributed by atoms with van der Waals surface area (Å²) < 4.78 is 0. The molecule has 1 aromatic rings. The van der Waals surface area contributed by atoms with Gasteiger partial charge in [-0.15, -0.1) is 0 Å². The van der Waals surface area contributed by atoms with Gasteiger partial charge in [-0.1, -0.05) is 0 Å². The average Bonchev–Trinajstić information content (AvgIpc) is 2.15. The molecule has 0 amide bonds. The predicted molar refractivity (Wildman–Crippen MR) is 64.7 cm³/mol.